The van der Waals surface area contributed by atoms with Crippen LogP contribution >= 0.6 is 11.3 Å². The van der Waals surface area contributed by atoms with Gasteiger partial charge >= 0.3 is 0 Å². The molecule has 3 heterocycles. The Morgan fingerprint density at radius 2 is 1.52 bits per heavy atom. The summed E-state index contributed by atoms with van der Waals surface area (Å²) in [6.45, 7) is 6.06. The molecular weight excluding hydrogens is 441 g/mol. The van der Waals surface area contributed by atoms with E-state index in [1.54, 1.807) is 12.1 Å². The molecule has 0 aliphatic carbocycles. The van der Waals surface area contributed by atoms with Gasteiger partial charge < -0.3 is 24.6 Å². The van der Waals surface area contributed by atoms with Crippen LogP contribution in [-0.2, 0) is 9.47 Å². The predicted molar refractivity (Wildman–Crippen MR) is 130 cm³/mol. The number of anilines is 3. The fourth-order valence-electron chi connectivity index (χ4n) is 4.12. The molecule has 5 rings (SSSR count). The largest absolute Gasteiger partial charge is 0.378 e. The minimum atomic E-state index is -0.274. The van der Waals surface area contributed by atoms with Gasteiger partial charge in [0.15, 0.2) is 0 Å². The number of hydrogen-bond acceptors (Lipinski definition) is 6. The maximum atomic E-state index is 13.2. The lowest BCUT2D eigenvalue weighted by atomic mass is 10.1. The first-order valence-corrected chi connectivity index (χ1v) is 12.0. The monoisotopic (exact) mass is 467 g/mol. The fraction of sp³-hybridized carbons (Fsp3) is 0.320. The summed E-state index contributed by atoms with van der Waals surface area (Å²) in [6.07, 6.45) is 0. The van der Waals surface area contributed by atoms with Gasteiger partial charge in [-0.1, -0.05) is 12.1 Å². The Kier molecular flexibility index (Phi) is 6.57. The molecule has 2 aromatic carbocycles. The van der Waals surface area contributed by atoms with Crippen molar-refractivity contribution in [3.63, 3.8) is 0 Å². The van der Waals surface area contributed by atoms with Gasteiger partial charge in [-0.15, -0.1) is 11.3 Å². The van der Waals surface area contributed by atoms with Crippen molar-refractivity contribution in [2.45, 2.75) is 0 Å². The summed E-state index contributed by atoms with van der Waals surface area (Å²) in [4.78, 5) is 19.2. The molecule has 2 aliphatic heterocycles. The van der Waals surface area contributed by atoms with Crippen molar-refractivity contribution in [2.24, 2.45) is 0 Å². The second kappa shape index (κ2) is 9.91. The van der Waals surface area contributed by atoms with Crippen molar-refractivity contribution in [2.75, 3.05) is 67.7 Å². The Morgan fingerprint density at radius 1 is 0.848 bits per heavy atom. The van der Waals surface area contributed by atoms with E-state index in [0.717, 1.165) is 66.9 Å². The molecule has 6 nitrogen and oxygen atoms in total. The number of thiophene rings is 1. The molecule has 172 valence electrons. The molecule has 3 aromatic rings. The minimum Gasteiger partial charge on any atom is -0.378 e. The van der Waals surface area contributed by atoms with Crippen LogP contribution in [0.4, 0.5) is 21.5 Å². The van der Waals surface area contributed by atoms with E-state index in [4.69, 9.17) is 9.47 Å². The third kappa shape index (κ3) is 5.03. The maximum absolute atomic E-state index is 13.2. The molecule has 0 atom stereocenters. The lowest BCUT2D eigenvalue weighted by Gasteiger charge is -2.33. The van der Waals surface area contributed by atoms with Crippen LogP contribution in [0.15, 0.2) is 54.6 Å². The zero-order valence-electron chi connectivity index (χ0n) is 18.3. The molecule has 0 bridgehead atoms. The Labute approximate surface area is 196 Å². The van der Waals surface area contributed by atoms with E-state index < -0.39 is 0 Å². The summed E-state index contributed by atoms with van der Waals surface area (Å²) in [5, 5.41) is 3.11. The zero-order chi connectivity index (χ0) is 22.6. The molecule has 0 spiro atoms. The van der Waals surface area contributed by atoms with Gasteiger partial charge in [0, 0.05) is 36.7 Å². The number of carbonyl (C=O) groups excluding carboxylic acids is 1. The highest BCUT2D eigenvalue weighted by Gasteiger charge is 2.20. The van der Waals surface area contributed by atoms with E-state index >= 15 is 0 Å². The van der Waals surface area contributed by atoms with E-state index in [2.05, 4.69) is 27.2 Å². The Hall–Kier alpha value is -2.94. The molecule has 2 fully saturated rings. The van der Waals surface area contributed by atoms with E-state index in [9.17, 15) is 9.18 Å². The van der Waals surface area contributed by atoms with Crippen molar-refractivity contribution >= 4 is 34.3 Å². The summed E-state index contributed by atoms with van der Waals surface area (Å²) in [6, 6.07) is 16.2. The summed E-state index contributed by atoms with van der Waals surface area (Å²) < 4.78 is 24.3. The van der Waals surface area contributed by atoms with Crippen molar-refractivity contribution in [1.82, 2.24) is 0 Å². The third-order valence-electron chi connectivity index (χ3n) is 5.92. The summed E-state index contributed by atoms with van der Waals surface area (Å²) in [5.41, 5.74) is 3.82. The molecule has 0 unspecified atom stereocenters. The maximum Gasteiger partial charge on any atom is 0.265 e. The number of nitrogens with zero attached hydrogens (tertiary/aromatic N) is 2. The van der Waals surface area contributed by atoms with Crippen molar-refractivity contribution in [3.8, 4) is 10.4 Å². The Balaban J connectivity index is 1.38. The first-order chi connectivity index (χ1) is 16.2. The average molecular weight is 468 g/mol. The van der Waals surface area contributed by atoms with Crippen LogP contribution in [0.2, 0.25) is 0 Å². The van der Waals surface area contributed by atoms with Gasteiger partial charge in [0.2, 0.25) is 0 Å². The van der Waals surface area contributed by atoms with Crippen molar-refractivity contribution in [3.05, 3.63) is 65.3 Å². The van der Waals surface area contributed by atoms with Gasteiger partial charge in [-0.05, 0) is 48.0 Å². The summed E-state index contributed by atoms with van der Waals surface area (Å²) in [5.74, 6) is -0.425. The molecular formula is C25H26FN3O3S. The SMILES string of the molecule is O=C(Nc1ccc(N2CCOCC2)cc1N1CCOCC1)c1ccc(-c2ccc(F)cc2)s1. The highest BCUT2D eigenvalue weighted by atomic mass is 32.1. The number of ether oxygens (including phenoxy) is 2. The van der Waals surface area contributed by atoms with Gasteiger partial charge in [0.25, 0.3) is 5.91 Å². The number of rotatable bonds is 5. The second-order valence-corrected chi connectivity index (χ2v) is 9.11. The average Bonchev–Trinajstić information content (AvgIpc) is 3.36. The number of benzene rings is 2. The van der Waals surface area contributed by atoms with Crippen LogP contribution in [0.25, 0.3) is 10.4 Å². The number of carbonyl (C=O) groups is 1. The first-order valence-electron chi connectivity index (χ1n) is 11.1. The lowest BCUT2D eigenvalue weighted by molar-refractivity contribution is 0.103. The Bertz CT molecular complexity index is 1110. The van der Waals surface area contributed by atoms with E-state index in [1.807, 2.05) is 18.2 Å². The quantitative estimate of drug-likeness (QED) is 0.600. The molecule has 2 aliphatic rings. The number of morpholine rings is 2. The smallest absolute Gasteiger partial charge is 0.265 e. The van der Waals surface area contributed by atoms with Crippen LogP contribution in [0.1, 0.15) is 9.67 Å². The molecule has 0 saturated carbocycles. The topological polar surface area (TPSA) is 54.0 Å². The van der Waals surface area contributed by atoms with Gasteiger partial charge in [0.1, 0.15) is 5.82 Å². The molecule has 8 heteroatoms. The predicted octanol–water partition coefficient (Wildman–Crippen LogP) is 4.48. The minimum absolute atomic E-state index is 0.151. The summed E-state index contributed by atoms with van der Waals surface area (Å²) >= 11 is 1.40. The van der Waals surface area contributed by atoms with Gasteiger partial charge in [-0.2, -0.15) is 0 Å². The highest BCUT2D eigenvalue weighted by molar-refractivity contribution is 7.17. The molecule has 1 N–H and O–H groups in total. The molecule has 2 saturated heterocycles. The highest BCUT2D eigenvalue weighted by Crippen LogP contribution is 2.34. The second-order valence-electron chi connectivity index (χ2n) is 8.03. The van der Waals surface area contributed by atoms with Crippen LogP contribution in [0.3, 0.4) is 0 Å². The summed E-state index contributed by atoms with van der Waals surface area (Å²) in [7, 11) is 0. The number of hydrogen-bond donors (Lipinski definition) is 1. The van der Waals surface area contributed by atoms with Crippen LogP contribution < -0.4 is 15.1 Å². The van der Waals surface area contributed by atoms with Gasteiger partial charge in [-0.25, -0.2) is 4.39 Å². The van der Waals surface area contributed by atoms with E-state index in [1.165, 1.54) is 23.5 Å². The van der Waals surface area contributed by atoms with Crippen LogP contribution in [0, 0.1) is 5.82 Å². The van der Waals surface area contributed by atoms with Gasteiger partial charge in [0.05, 0.1) is 42.7 Å². The molecule has 0 radical (unpaired) electrons. The van der Waals surface area contributed by atoms with Crippen molar-refractivity contribution < 1.29 is 18.7 Å². The number of amides is 1. The van der Waals surface area contributed by atoms with Crippen LogP contribution in [-0.4, -0.2) is 58.5 Å². The van der Waals surface area contributed by atoms with E-state index in [-0.39, 0.29) is 11.7 Å². The zero-order valence-corrected chi connectivity index (χ0v) is 19.1. The third-order valence-corrected chi connectivity index (χ3v) is 7.05. The number of halogens is 1. The molecule has 33 heavy (non-hydrogen) atoms. The standard InChI is InChI=1S/C25H26FN3O3S/c26-19-3-1-18(2-4-19)23-7-8-24(33-23)25(30)27-21-6-5-20(28-9-13-31-14-10-28)17-22(21)29-11-15-32-16-12-29/h1-8,17H,9-16H2,(H,27,30). The lowest BCUT2D eigenvalue weighted by Crippen LogP contribution is -2.38. The molecule has 1 aromatic heterocycles. The van der Waals surface area contributed by atoms with Crippen molar-refractivity contribution in [1.29, 1.82) is 0 Å². The number of nitrogens with one attached hydrogen (secondary N) is 1. The molecule has 1 amide bonds. The normalized spacial score (nSPS) is 16.6. The Morgan fingerprint density at radius 3 is 2.21 bits per heavy atom. The van der Waals surface area contributed by atoms with E-state index in [0.29, 0.717) is 18.1 Å². The van der Waals surface area contributed by atoms with Gasteiger partial charge in [-0.3, -0.25) is 4.79 Å². The fourth-order valence-corrected chi connectivity index (χ4v) is 5.03. The first kappa shape index (κ1) is 21.9. The van der Waals surface area contributed by atoms with Crippen LogP contribution in [0.5, 0.6) is 0 Å².